The van der Waals surface area contributed by atoms with Crippen LogP contribution in [0.15, 0.2) is 12.4 Å². The van der Waals surface area contributed by atoms with E-state index in [1.54, 1.807) is 0 Å². The summed E-state index contributed by atoms with van der Waals surface area (Å²) in [6, 6.07) is 0.907. The number of imidazole rings is 1. The Balaban J connectivity index is 1.85. The fraction of sp³-hybridized carbons (Fsp3) is 0.733. The number of carbonyl (C=O) groups excluding carboxylic acids is 1. The number of aryl methyl sites for hydroxylation is 1. The summed E-state index contributed by atoms with van der Waals surface area (Å²) in [4.78, 5) is 20.8. The second-order valence-corrected chi connectivity index (χ2v) is 6.09. The number of hydrogen-bond donors (Lipinski definition) is 0. The Morgan fingerprint density at radius 1 is 1.50 bits per heavy atom. The minimum atomic E-state index is 0.257. The second-order valence-electron chi connectivity index (χ2n) is 6.09. The van der Waals surface area contributed by atoms with E-state index < -0.39 is 0 Å². The van der Waals surface area contributed by atoms with Crippen molar-refractivity contribution in [2.24, 2.45) is 0 Å². The van der Waals surface area contributed by atoms with Crippen molar-refractivity contribution in [1.82, 2.24) is 19.4 Å². The lowest BCUT2D eigenvalue weighted by molar-refractivity contribution is -0.130. The molecular weight excluding hydrogens is 252 g/mol. The van der Waals surface area contributed by atoms with Gasteiger partial charge in [-0.3, -0.25) is 4.79 Å². The van der Waals surface area contributed by atoms with Gasteiger partial charge in [-0.2, -0.15) is 0 Å². The van der Waals surface area contributed by atoms with Gasteiger partial charge < -0.3 is 14.4 Å². The highest BCUT2D eigenvalue weighted by Crippen LogP contribution is 2.16. The molecule has 1 unspecified atom stereocenters. The monoisotopic (exact) mass is 278 g/mol. The molecule has 0 aliphatic carbocycles. The number of aromatic nitrogens is 2. The molecule has 112 valence electrons. The molecule has 1 atom stereocenters. The first-order valence-corrected chi connectivity index (χ1v) is 7.45. The van der Waals surface area contributed by atoms with Crippen LogP contribution in [0.1, 0.15) is 38.6 Å². The Morgan fingerprint density at radius 3 is 2.85 bits per heavy atom. The Bertz CT molecular complexity index is 452. The molecule has 0 spiro atoms. The van der Waals surface area contributed by atoms with Crippen LogP contribution in [0.5, 0.6) is 0 Å². The molecule has 0 bridgehead atoms. The zero-order chi connectivity index (χ0) is 14.7. The van der Waals surface area contributed by atoms with E-state index in [0.29, 0.717) is 18.5 Å². The second kappa shape index (κ2) is 6.39. The van der Waals surface area contributed by atoms with Gasteiger partial charge in [-0.25, -0.2) is 4.98 Å². The molecule has 1 aromatic rings. The smallest absolute Gasteiger partial charge is 0.223 e. The molecule has 1 aliphatic rings. The normalized spacial score (nSPS) is 19.3. The van der Waals surface area contributed by atoms with Crippen LogP contribution in [0.25, 0.3) is 0 Å². The van der Waals surface area contributed by atoms with E-state index in [2.05, 4.69) is 42.4 Å². The Kier molecular flexibility index (Phi) is 4.81. The number of likely N-dealkylation sites (tertiary alicyclic amines) is 1. The summed E-state index contributed by atoms with van der Waals surface area (Å²) in [7, 11) is 4.16. The van der Waals surface area contributed by atoms with Crippen molar-refractivity contribution in [3.63, 3.8) is 0 Å². The highest BCUT2D eigenvalue weighted by atomic mass is 16.2. The van der Waals surface area contributed by atoms with Crippen molar-refractivity contribution in [1.29, 1.82) is 0 Å². The third-order valence-electron chi connectivity index (χ3n) is 4.11. The predicted molar refractivity (Wildman–Crippen MR) is 79.6 cm³/mol. The van der Waals surface area contributed by atoms with E-state index in [9.17, 15) is 4.79 Å². The number of nitrogens with zero attached hydrogens (tertiary/aromatic N) is 4. The van der Waals surface area contributed by atoms with Crippen LogP contribution in [0, 0.1) is 0 Å². The molecule has 0 saturated carbocycles. The maximum absolute atomic E-state index is 12.3. The van der Waals surface area contributed by atoms with Gasteiger partial charge in [0.25, 0.3) is 0 Å². The summed E-state index contributed by atoms with van der Waals surface area (Å²) in [5.41, 5.74) is 0. The average Bonchev–Trinajstić information content (AvgIpc) is 3.04. The van der Waals surface area contributed by atoms with Gasteiger partial charge >= 0.3 is 0 Å². The van der Waals surface area contributed by atoms with Crippen molar-refractivity contribution in [2.45, 2.75) is 45.2 Å². The topological polar surface area (TPSA) is 41.4 Å². The first kappa shape index (κ1) is 15.0. The Morgan fingerprint density at radius 2 is 2.25 bits per heavy atom. The van der Waals surface area contributed by atoms with Gasteiger partial charge in [0.1, 0.15) is 5.82 Å². The summed E-state index contributed by atoms with van der Waals surface area (Å²) in [6.45, 7) is 6.02. The van der Waals surface area contributed by atoms with Crippen molar-refractivity contribution < 1.29 is 4.79 Å². The molecular formula is C15H26N4O. The van der Waals surface area contributed by atoms with E-state index in [1.807, 2.05) is 17.3 Å². The van der Waals surface area contributed by atoms with Gasteiger partial charge in [0, 0.05) is 50.4 Å². The fourth-order valence-corrected chi connectivity index (χ4v) is 2.77. The highest BCUT2D eigenvalue weighted by molar-refractivity contribution is 5.76. The lowest BCUT2D eigenvalue weighted by atomic mass is 10.2. The number of likely N-dealkylation sites (N-methyl/N-ethyl adjacent to an activating group) is 1. The molecule has 1 aliphatic heterocycles. The van der Waals surface area contributed by atoms with E-state index in [1.165, 1.54) is 0 Å². The maximum Gasteiger partial charge on any atom is 0.223 e. The lowest BCUT2D eigenvalue weighted by Gasteiger charge is -2.20. The molecule has 0 aromatic carbocycles. The SMILES string of the molecule is CC(C)n1ccnc1CCC(=O)N1CCC(N(C)C)C1. The summed E-state index contributed by atoms with van der Waals surface area (Å²) in [6.07, 6.45) is 6.18. The Labute approximate surface area is 121 Å². The number of rotatable bonds is 5. The largest absolute Gasteiger partial charge is 0.341 e. The van der Waals surface area contributed by atoms with Crippen LogP contribution in [-0.4, -0.2) is 58.5 Å². The molecule has 0 N–H and O–H groups in total. The fourth-order valence-electron chi connectivity index (χ4n) is 2.77. The first-order chi connectivity index (χ1) is 9.49. The maximum atomic E-state index is 12.3. The van der Waals surface area contributed by atoms with E-state index in [-0.39, 0.29) is 5.91 Å². The van der Waals surface area contributed by atoms with Gasteiger partial charge in [-0.05, 0) is 34.4 Å². The predicted octanol–water partition coefficient (Wildman–Crippen LogP) is 1.56. The molecule has 2 rings (SSSR count). The zero-order valence-corrected chi connectivity index (χ0v) is 13.0. The van der Waals surface area contributed by atoms with Gasteiger partial charge in [-0.1, -0.05) is 0 Å². The average molecular weight is 278 g/mol. The molecule has 1 saturated heterocycles. The number of carbonyl (C=O) groups is 1. The first-order valence-electron chi connectivity index (χ1n) is 7.45. The third kappa shape index (κ3) is 3.39. The van der Waals surface area contributed by atoms with Gasteiger partial charge in [-0.15, -0.1) is 0 Å². The van der Waals surface area contributed by atoms with Gasteiger partial charge in [0.2, 0.25) is 5.91 Å². The molecule has 0 radical (unpaired) electrons. The van der Waals surface area contributed by atoms with Crippen LogP contribution < -0.4 is 0 Å². The van der Waals surface area contributed by atoms with Crippen LogP contribution in [-0.2, 0) is 11.2 Å². The van der Waals surface area contributed by atoms with Crippen molar-refractivity contribution in [3.8, 4) is 0 Å². The van der Waals surface area contributed by atoms with Gasteiger partial charge in [0.15, 0.2) is 0 Å². The lowest BCUT2D eigenvalue weighted by Crippen LogP contribution is -2.34. The molecule has 20 heavy (non-hydrogen) atoms. The van der Waals surface area contributed by atoms with Crippen LogP contribution >= 0.6 is 0 Å². The van der Waals surface area contributed by atoms with Crippen LogP contribution in [0.3, 0.4) is 0 Å². The van der Waals surface area contributed by atoms with Crippen molar-refractivity contribution in [2.75, 3.05) is 27.2 Å². The van der Waals surface area contributed by atoms with E-state index in [0.717, 1.165) is 31.8 Å². The van der Waals surface area contributed by atoms with Crippen molar-refractivity contribution in [3.05, 3.63) is 18.2 Å². The molecule has 2 heterocycles. The highest BCUT2D eigenvalue weighted by Gasteiger charge is 2.27. The minimum Gasteiger partial charge on any atom is -0.341 e. The zero-order valence-electron chi connectivity index (χ0n) is 13.0. The summed E-state index contributed by atoms with van der Waals surface area (Å²) in [5.74, 6) is 1.27. The van der Waals surface area contributed by atoms with Crippen LogP contribution in [0.4, 0.5) is 0 Å². The molecule has 5 nitrogen and oxygen atoms in total. The summed E-state index contributed by atoms with van der Waals surface area (Å²) >= 11 is 0. The third-order valence-corrected chi connectivity index (χ3v) is 4.11. The summed E-state index contributed by atoms with van der Waals surface area (Å²) < 4.78 is 2.14. The standard InChI is InChI=1S/C15H26N4O/c1-12(2)19-10-8-16-14(19)5-6-15(20)18-9-7-13(11-18)17(3)4/h8,10,12-13H,5-7,9,11H2,1-4H3. The minimum absolute atomic E-state index is 0.257. The molecule has 1 amide bonds. The number of amides is 1. The Hall–Kier alpha value is -1.36. The van der Waals surface area contributed by atoms with Crippen LogP contribution in [0.2, 0.25) is 0 Å². The van der Waals surface area contributed by atoms with E-state index >= 15 is 0 Å². The van der Waals surface area contributed by atoms with Gasteiger partial charge in [0.05, 0.1) is 0 Å². The van der Waals surface area contributed by atoms with Crippen molar-refractivity contribution >= 4 is 5.91 Å². The quantitative estimate of drug-likeness (QED) is 0.821. The molecule has 1 aromatic heterocycles. The number of hydrogen-bond acceptors (Lipinski definition) is 3. The van der Waals surface area contributed by atoms with E-state index in [4.69, 9.17) is 0 Å². The molecule has 5 heteroatoms. The molecule has 1 fully saturated rings. The summed E-state index contributed by atoms with van der Waals surface area (Å²) in [5, 5.41) is 0.